The molecule has 0 N–H and O–H groups in total. The van der Waals surface area contributed by atoms with Crippen molar-refractivity contribution in [3.63, 3.8) is 0 Å². The van der Waals surface area contributed by atoms with Crippen molar-refractivity contribution in [2.75, 3.05) is 7.11 Å². The van der Waals surface area contributed by atoms with Crippen LogP contribution in [-0.2, 0) is 0 Å². The zero-order valence-electron chi connectivity index (χ0n) is 9.78. The van der Waals surface area contributed by atoms with Crippen molar-refractivity contribution in [2.45, 2.75) is 0 Å². The second-order valence-electron chi connectivity index (χ2n) is 3.66. The fraction of sp³-hybridized carbons (Fsp3) is 0.0769. The first-order valence-corrected chi connectivity index (χ1v) is 6.81. The first kappa shape index (κ1) is 14.1. The van der Waals surface area contributed by atoms with E-state index in [9.17, 15) is 9.18 Å². The zero-order valence-corrected chi connectivity index (χ0v) is 13.0. The predicted molar refractivity (Wildman–Crippen MR) is 76.0 cm³/mol. The predicted octanol–water partition coefficient (Wildman–Crippen LogP) is 3.99. The van der Waals surface area contributed by atoms with E-state index in [2.05, 4.69) is 36.8 Å². The quantitative estimate of drug-likeness (QED) is 0.746. The standard InChI is InChI=1S/C13H8Br2FNO2/c1-19-8-2-3-9(11(16)5-8)13(18)12-10(15)4-7(14)6-17-12/h2-6H,1H3. The summed E-state index contributed by atoms with van der Waals surface area (Å²) in [6.45, 7) is 0. The summed E-state index contributed by atoms with van der Waals surface area (Å²) in [6.07, 6.45) is 1.49. The highest BCUT2D eigenvalue weighted by atomic mass is 79.9. The lowest BCUT2D eigenvalue weighted by Gasteiger charge is -2.06. The highest BCUT2D eigenvalue weighted by molar-refractivity contribution is 9.11. The van der Waals surface area contributed by atoms with Gasteiger partial charge in [0.25, 0.3) is 0 Å². The van der Waals surface area contributed by atoms with Crippen molar-refractivity contribution in [1.82, 2.24) is 4.98 Å². The molecule has 6 heteroatoms. The van der Waals surface area contributed by atoms with Crippen LogP contribution in [0.5, 0.6) is 5.75 Å². The summed E-state index contributed by atoms with van der Waals surface area (Å²) in [4.78, 5) is 16.2. The Morgan fingerprint density at radius 3 is 2.63 bits per heavy atom. The number of halogens is 3. The summed E-state index contributed by atoms with van der Waals surface area (Å²) in [5, 5.41) is 0. The van der Waals surface area contributed by atoms with E-state index in [4.69, 9.17) is 4.74 Å². The molecule has 98 valence electrons. The monoisotopic (exact) mass is 387 g/mol. The maximum absolute atomic E-state index is 13.8. The van der Waals surface area contributed by atoms with Crippen molar-refractivity contribution in [3.05, 3.63) is 56.5 Å². The van der Waals surface area contributed by atoms with E-state index < -0.39 is 11.6 Å². The molecule has 0 aliphatic heterocycles. The molecule has 0 unspecified atom stereocenters. The zero-order chi connectivity index (χ0) is 14.0. The smallest absolute Gasteiger partial charge is 0.215 e. The molecule has 19 heavy (non-hydrogen) atoms. The SMILES string of the molecule is COc1ccc(C(=O)c2ncc(Br)cc2Br)c(F)c1. The topological polar surface area (TPSA) is 39.2 Å². The van der Waals surface area contributed by atoms with Crippen molar-refractivity contribution >= 4 is 37.6 Å². The number of carbonyl (C=O) groups excluding carboxylic acids is 1. The lowest BCUT2D eigenvalue weighted by atomic mass is 10.1. The van der Waals surface area contributed by atoms with E-state index in [1.165, 1.54) is 31.5 Å². The van der Waals surface area contributed by atoms with E-state index in [-0.39, 0.29) is 11.3 Å². The second-order valence-corrected chi connectivity index (χ2v) is 5.43. The summed E-state index contributed by atoms with van der Waals surface area (Å²) in [5.74, 6) is -0.766. The molecule has 0 fully saturated rings. The van der Waals surface area contributed by atoms with Crippen LogP contribution in [0.25, 0.3) is 0 Å². The number of pyridine rings is 1. The van der Waals surface area contributed by atoms with Gasteiger partial charge in [0.2, 0.25) is 5.78 Å². The minimum absolute atomic E-state index is 0.0451. The van der Waals surface area contributed by atoms with Crippen LogP contribution in [0.4, 0.5) is 4.39 Å². The molecule has 0 saturated heterocycles. The first-order chi connectivity index (χ1) is 9.02. The third kappa shape index (κ3) is 3.01. The van der Waals surface area contributed by atoms with Gasteiger partial charge in [0.05, 0.1) is 12.7 Å². The molecule has 0 bridgehead atoms. The van der Waals surface area contributed by atoms with Crippen LogP contribution in [0.15, 0.2) is 39.4 Å². The summed E-state index contributed by atoms with van der Waals surface area (Å²) in [5.41, 5.74) is 0.114. The van der Waals surface area contributed by atoms with Crippen LogP contribution < -0.4 is 4.74 Å². The molecule has 2 rings (SSSR count). The van der Waals surface area contributed by atoms with Gasteiger partial charge in [0, 0.05) is 21.2 Å². The lowest BCUT2D eigenvalue weighted by Crippen LogP contribution is -2.07. The van der Waals surface area contributed by atoms with Crippen LogP contribution in [0.3, 0.4) is 0 Å². The van der Waals surface area contributed by atoms with E-state index in [1.54, 1.807) is 6.07 Å². The van der Waals surface area contributed by atoms with Gasteiger partial charge in [-0.05, 0) is 50.1 Å². The maximum Gasteiger partial charge on any atom is 0.215 e. The maximum atomic E-state index is 13.8. The number of nitrogens with zero attached hydrogens (tertiary/aromatic N) is 1. The van der Waals surface area contributed by atoms with Gasteiger partial charge in [-0.2, -0.15) is 0 Å². The Bertz CT molecular complexity index is 647. The number of hydrogen-bond acceptors (Lipinski definition) is 3. The molecule has 0 spiro atoms. The molecule has 0 amide bonds. The molecule has 0 aliphatic carbocycles. The van der Waals surface area contributed by atoms with E-state index >= 15 is 0 Å². The van der Waals surface area contributed by atoms with Crippen molar-refractivity contribution in [3.8, 4) is 5.75 Å². The molecule has 0 radical (unpaired) electrons. The number of carbonyl (C=O) groups is 1. The van der Waals surface area contributed by atoms with Crippen LogP contribution in [0.1, 0.15) is 16.1 Å². The van der Waals surface area contributed by atoms with Gasteiger partial charge in [0.1, 0.15) is 17.3 Å². The van der Waals surface area contributed by atoms with Crippen molar-refractivity contribution in [2.24, 2.45) is 0 Å². The molecule has 1 heterocycles. The third-order valence-electron chi connectivity index (χ3n) is 2.44. The fourth-order valence-corrected chi connectivity index (χ4v) is 2.68. The molecular weight excluding hydrogens is 381 g/mol. The number of benzene rings is 1. The molecule has 1 aromatic carbocycles. The van der Waals surface area contributed by atoms with E-state index in [0.717, 1.165) is 4.47 Å². The van der Waals surface area contributed by atoms with Gasteiger partial charge in [-0.15, -0.1) is 0 Å². The summed E-state index contributed by atoms with van der Waals surface area (Å²) < 4.78 is 20.0. The number of methoxy groups -OCH3 is 1. The number of aromatic nitrogens is 1. The van der Waals surface area contributed by atoms with Gasteiger partial charge in [-0.3, -0.25) is 9.78 Å². The van der Waals surface area contributed by atoms with E-state index in [0.29, 0.717) is 10.2 Å². The van der Waals surface area contributed by atoms with Crippen molar-refractivity contribution in [1.29, 1.82) is 0 Å². The highest BCUT2D eigenvalue weighted by Gasteiger charge is 2.18. The average Bonchev–Trinajstić information content (AvgIpc) is 2.37. The number of hydrogen-bond donors (Lipinski definition) is 0. The minimum atomic E-state index is -0.638. The van der Waals surface area contributed by atoms with Crippen molar-refractivity contribution < 1.29 is 13.9 Å². The van der Waals surface area contributed by atoms with Gasteiger partial charge in [-0.25, -0.2) is 4.39 Å². The molecule has 2 aromatic rings. The Balaban J connectivity index is 2.44. The lowest BCUT2D eigenvalue weighted by molar-refractivity contribution is 0.103. The minimum Gasteiger partial charge on any atom is -0.497 e. The van der Waals surface area contributed by atoms with Gasteiger partial charge in [0.15, 0.2) is 0 Å². The third-order valence-corrected chi connectivity index (χ3v) is 3.48. The Labute approximate surface area is 126 Å². The van der Waals surface area contributed by atoms with Crippen LogP contribution >= 0.6 is 31.9 Å². The Morgan fingerprint density at radius 2 is 2.05 bits per heavy atom. The number of rotatable bonds is 3. The molecule has 3 nitrogen and oxygen atoms in total. The Hall–Kier alpha value is -1.27. The number of ketones is 1. The molecule has 0 aliphatic rings. The summed E-state index contributed by atoms with van der Waals surface area (Å²) in [6, 6.07) is 5.76. The largest absolute Gasteiger partial charge is 0.497 e. The Morgan fingerprint density at radius 1 is 1.32 bits per heavy atom. The molecule has 0 atom stereocenters. The summed E-state index contributed by atoms with van der Waals surface area (Å²) in [7, 11) is 1.43. The normalized spacial score (nSPS) is 10.3. The highest BCUT2D eigenvalue weighted by Crippen LogP contribution is 2.24. The van der Waals surface area contributed by atoms with Crippen LogP contribution in [-0.4, -0.2) is 17.9 Å². The van der Waals surface area contributed by atoms with E-state index in [1.807, 2.05) is 0 Å². The van der Waals surface area contributed by atoms with Crippen LogP contribution in [0.2, 0.25) is 0 Å². The number of ether oxygens (including phenoxy) is 1. The van der Waals surface area contributed by atoms with Crippen LogP contribution in [0, 0.1) is 5.82 Å². The molecule has 0 saturated carbocycles. The Kier molecular flexibility index (Phi) is 4.31. The average molecular weight is 389 g/mol. The first-order valence-electron chi connectivity index (χ1n) is 5.22. The summed E-state index contributed by atoms with van der Waals surface area (Å²) >= 11 is 6.48. The second kappa shape index (κ2) is 5.79. The molecular formula is C13H8Br2FNO2. The van der Waals surface area contributed by atoms with Gasteiger partial charge < -0.3 is 4.74 Å². The van der Waals surface area contributed by atoms with Gasteiger partial charge in [-0.1, -0.05) is 0 Å². The fourth-order valence-electron chi connectivity index (χ4n) is 1.52. The molecule has 1 aromatic heterocycles. The van der Waals surface area contributed by atoms with Gasteiger partial charge >= 0.3 is 0 Å².